The highest BCUT2D eigenvalue weighted by atomic mass is 16.4. The number of carbonyl (C=O) groups is 3. The predicted molar refractivity (Wildman–Crippen MR) is 134 cm³/mol. The number of benzene rings is 1. The first-order valence-corrected chi connectivity index (χ1v) is 12.4. The molecular weight excluding hydrogens is 478 g/mol. The smallest absolute Gasteiger partial charge is 0.255 e. The van der Waals surface area contributed by atoms with Crippen molar-refractivity contribution in [2.24, 2.45) is 28.4 Å². The lowest BCUT2D eigenvalue weighted by Crippen LogP contribution is -2.64. The van der Waals surface area contributed by atoms with Gasteiger partial charge in [0.2, 0.25) is 5.78 Å². The quantitative estimate of drug-likeness (QED) is 0.333. The second kappa shape index (κ2) is 8.43. The third kappa shape index (κ3) is 3.70. The van der Waals surface area contributed by atoms with Gasteiger partial charge in [-0.2, -0.15) is 0 Å². The van der Waals surface area contributed by atoms with Gasteiger partial charge in [0, 0.05) is 23.8 Å². The number of aromatic hydroxyl groups is 1. The van der Waals surface area contributed by atoms with Crippen LogP contribution in [0.15, 0.2) is 35.1 Å². The summed E-state index contributed by atoms with van der Waals surface area (Å²) in [6, 6.07) is 4.68. The van der Waals surface area contributed by atoms with E-state index in [1.54, 1.807) is 12.1 Å². The maximum atomic E-state index is 13.9. The molecule has 9 nitrogen and oxygen atoms in total. The second-order valence-corrected chi connectivity index (χ2v) is 12.2. The number of carbonyl (C=O) groups excluding carboxylic acids is 3. The number of Topliss-reactive ketones (excluding diaryl/α,β-unsaturated/α-hetero) is 2. The number of rotatable bonds is 4. The molecule has 1 amide bonds. The molecule has 9 heteroatoms. The Morgan fingerprint density at radius 2 is 1.73 bits per heavy atom. The molecule has 1 saturated carbocycles. The third-order valence-electron chi connectivity index (χ3n) is 9.28. The van der Waals surface area contributed by atoms with Gasteiger partial charge in [-0.05, 0) is 41.2 Å². The molecule has 0 saturated heterocycles. The van der Waals surface area contributed by atoms with Crippen LogP contribution >= 0.6 is 0 Å². The van der Waals surface area contributed by atoms with Crippen molar-refractivity contribution in [3.8, 4) is 5.75 Å². The molecule has 3 aliphatic rings. The van der Waals surface area contributed by atoms with E-state index in [1.165, 1.54) is 6.07 Å². The molecule has 0 unspecified atom stereocenters. The maximum Gasteiger partial charge on any atom is 0.255 e. The van der Waals surface area contributed by atoms with Crippen LogP contribution in [0.5, 0.6) is 5.75 Å². The zero-order valence-electron chi connectivity index (χ0n) is 21.7. The van der Waals surface area contributed by atoms with Gasteiger partial charge in [-0.3, -0.25) is 14.4 Å². The van der Waals surface area contributed by atoms with Crippen LogP contribution in [0.4, 0.5) is 0 Å². The summed E-state index contributed by atoms with van der Waals surface area (Å²) >= 11 is 0. The average molecular weight is 514 g/mol. The van der Waals surface area contributed by atoms with Gasteiger partial charge in [-0.25, -0.2) is 0 Å². The van der Waals surface area contributed by atoms with Crippen LogP contribution in [0.2, 0.25) is 0 Å². The van der Waals surface area contributed by atoms with Crippen molar-refractivity contribution in [3.05, 3.63) is 46.2 Å². The summed E-state index contributed by atoms with van der Waals surface area (Å²) in [5.41, 5.74) is 1.43. The van der Waals surface area contributed by atoms with Crippen molar-refractivity contribution in [3.63, 3.8) is 0 Å². The number of ketones is 2. The Hall–Kier alpha value is -3.17. The molecule has 0 radical (unpaired) electrons. The summed E-state index contributed by atoms with van der Waals surface area (Å²) in [6.07, 6.45) is -1.02. The molecule has 1 aromatic carbocycles. The third-order valence-corrected chi connectivity index (χ3v) is 9.28. The normalized spacial score (nSPS) is 30.1. The Bertz CT molecular complexity index is 1270. The monoisotopic (exact) mass is 513 g/mol. The van der Waals surface area contributed by atoms with E-state index in [1.807, 2.05) is 0 Å². The van der Waals surface area contributed by atoms with E-state index in [4.69, 9.17) is 5.73 Å². The zero-order valence-corrected chi connectivity index (χ0v) is 21.7. The number of phenolic OH excluding ortho intramolecular Hbond substituents is 1. The predicted octanol–water partition coefficient (Wildman–Crippen LogP) is 2.79. The number of amides is 1. The first kappa shape index (κ1) is 26.9. The molecular formula is C28H35NO8. The van der Waals surface area contributed by atoms with Crippen LogP contribution in [0.3, 0.4) is 0 Å². The lowest BCUT2D eigenvalue weighted by atomic mass is 9.54. The van der Waals surface area contributed by atoms with Crippen molar-refractivity contribution in [2.75, 3.05) is 0 Å². The van der Waals surface area contributed by atoms with Crippen molar-refractivity contribution < 1.29 is 39.9 Å². The van der Waals surface area contributed by atoms with Crippen LogP contribution in [0, 0.1) is 22.7 Å². The number of fused-ring (bicyclic) bond motifs is 3. The lowest BCUT2D eigenvalue weighted by Gasteiger charge is -2.51. The first-order chi connectivity index (χ1) is 17.0. The molecule has 1 aromatic rings. The molecule has 1 fully saturated rings. The van der Waals surface area contributed by atoms with E-state index in [0.29, 0.717) is 18.4 Å². The molecule has 0 spiro atoms. The largest absolute Gasteiger partial charge is 0.508 e. The highest BCUT2D eigenvalue weighted by Gasteiger charge is 2.65. The fourth-order valence-electron chi connectivity index (χ4n) is 6.01. The maximum absolute atomic E-state index is 13.9. The number of phenols is 1. The number of nitrogens with two attached hydrogens (primary N) is 1. The van der Waals surface area contributed by atoms with E-state index in [-0.39, 0.29) is 27.7 Å². The summed E-state index contributed by atoms with van der Waals surface area (Å²) in [5, 5.41) is 55.7. The molecule has 7 N–H and O–H groups in total. The standard InChI is InChI=1S/C28H35NO8/c1-26(2,3)27(4,5)10-9-13-12-7-6-8-15(30)17(12)22(33)20-18(13)21(32)14-11-16(31)19(25(29)36)23(34)28(14,37)24(20)35/h6-8,13-14,18,21,30,32-34,37H,9-11H2,1-5H3,(H2,29,36)/t13-,14+,18+,21+,28+/m0/s1. The minimum atomic E-state index is -2.84. The minimum Gasteiger partial charge on any atom is -0.508 e. The molecule has 0 aromatic heterocycles. The molecule has 3 aliphatic carbocycles. The summed E-state index contributed by atoms with van der Waals surface area (Å²) in [6.45, 7) is 10.6. The molecule has 0 bridgehead atoms. The van der Waals surface area contributed by atoms with Crippen LogP contribution in [-0.4, -0.2) is 54.7 Å². The fraction of sp³-hybridized carbons (Fsp3) is 0.536. The van der Waals surface area contributed by atoms with Gasteiger partial charge in [-0.15, -0.1) is 0 Å². The van der Waals surface area contributed by atoms with E-state index in [9.17, 15) is 39.9 Å². The number of aliphatic hydroxyl groups is 4. The summed E-state index contributed by atoms with van der Waals surface area (Å²) in [4.78, 5) is 38.4. The Morgan fingerprint density at radius 1 is 1.11 bits per heavy atom. The molecule has 200 valence electrons. The van der Waals surface area contributed by atoms with E-state index < -0.39 is 70.4 Å². The SMILES string of the molecule is CC(C)(C)C(C)(C)CC[C@H]1c2cccc(O)c2C(O)=C2C(=O)[C@]3(O)C(O)=C(C(N)=O)C(=O)C[C@@H]3[C@@H](O)[C@@H]21. The van der Waals surface area contributed by atoms with E-state index >= 15 is 0 Å². The molecule has 0 aliphatic heterocycles. The minimum absolute atomic E-state index is 0.0143. The van der Waals surface area contributed by atoms with Gasteiger partial charge in [0.25, 0.3) is 5.91 Å². The molecule has 37 heavy (non-hydrogen) atoms. The van der Waals surface area contributed by atoms with Crippen molar-refractivity contribution in [1.29, 1.82) is 0 Å². The van der Waals surface area contributed by atoms with Crippen LogP contribution in [0.25, 0.3) is 5.76 Å². The molecule has 4 rings (SSSR count). The van der Waals surface area contributed by atoms with Crippen LogP contribution < -0.4 is 5.73 Å². The Kier molecular flexibility index (Phi) is 6.12. The summed E-state index contributed by atoms with van der Waals surface area (Å²) in [7, 11) is 0. The van der Waals surface area contributed by atoms with Gasteiger partial charge in [0.05, 0.1) is 11.7 Å². The number of hydrogen-bond donors (Lipinski definition) is 6. The lowest BCUT2D eigenvalue weighted by molar-refractivity contribution is -0.161. The summed E-state index contributed by atoms with van der Waals surface area (Å²) in [5.74, 6) is -8.52. The Labute approximate surface area is 215 Å². The number of primary amides is 1. The zero-order chi connectivity index (χ0) is 27.8. The molecule has 5 atom stereocenters. The average Bonchev–Trinajstić information content (AvgIpc) is 2.77. The van der Waals surface area contributed by atoms with Gasteiger partial charge >= 0.3 is 0 Å². The van der Waals surface area contributed by atoms with Gasteiger partial charge < -0.3 is 31.3 Å². The molecule has 0 heterocycles. The van der Waals surface area contributed by atoms with Gasteiger partial charge in [0.1, 0.15) is 22.8 Å². The Morgan fingerprint density at radius 3 is 2.30 bits per heavy atom. The first-order valence-electron chi connectivity index (χ1n) is 12.4. The topological polar surface area (TPSA) is 178 Å². The van der Waals surface area contributed by atoms with Crippen LogP contribution in [-0.2, 0) is 14.4 Å². The van der Waals surface area contributed by atoms with Crippen LogP contribution in [0.1, 0.15) is 70.9 Å². The van der Waals surface area contributed by atoms with Gasteiger partial charge in [0.15, 0.2) is 11.4 Å². The highest BCUT2D eigenvalue weighted by Crippen LogP contribution is 2.57. The van der Waals surface area contributed by atoms with Gasteiger partial charge in [-0.1, -0.05) is 46.8 Å². The highest BCUT2D eigenvalue weighted by molar-refractivity contribution is 6.22. The number of aliphatic hydroxyl groups excluding tert-OH is 3. The van der Waals surface area contributed by atoms with Crippen molar-refractivity contribution >= 4 is 23.2 Å². The van der Waals surface area contributed by atoms with Crippen molar-refractivity contribution in [2.45, 2.75) is 71.5 Å². The van der Waals surface area contributed by atoms with E-state index in [2.05, 4.69) is 34.6 Å². The Balaban J connectivity index is 1.93. The summed E-state index contributed by atoms with van der Waals surface area (Å²) < 4.78 is 0. The second-order valence-electron chi connectivity index (χ2n) is 12.2. The number of hydrogen-bond acceptors (Lipinski definition) is 8. The fourth-order valence-corrected chi connectivity index (χ4v) is 6.01. The van der Waals surface area contributed by atoms with E-state index in [0.717, 1.165) is 0 Å². The van der Waals surface area contributed by atoms with Crippen molar-refractivity contribution in [1.82, 2.24) is 0 Å².